The van der Waals surface area contributed by atoms with Crippen molar-refractivity contribution in [2.45, 2.75) is 17.1 Å². The number of hydrogen-bond donors (Lipinski definition) is 1. The third kappa shape index (κ3) is 3.67. The van der Waals surface area contributed by atoms with Gasteiger partial charge >= 0.3 is 6.18 Å². The molecule has 0 atom stereocenters. The molecule has 156 valence electrons. The molecule has 3 aromatic heterocycles. The number of hydrogen-bond acceptors (Lipinski definition) is 6. The molecule has 5 rings (SSSR count). The molecule has 0 saturated heterocycles. The molecule has 0 bridgehead atoms. The van der Waals surface area contributed by atoms with Gasteiger partial charge in [-0.15, -0.1) is 0 Å². The Bertz CT molecular complexity index is 1460. The van der Waals surface area contributed by atoms with Crippen molar-refractivity contribution < 1.29 is 17.6 Å². The summed E-state index contributed by atoms with van der Waals surface area (Å²) in [6.07, 6.45) is -3.01. The van der Waals surface area contributed by atoms with E-state index in [-0.39, 0.29) is 28.3 Å². The Kier molecular flexibility index (Phi) is 4.54. The van der Waals surface area contributed by atoms with Gasteiger partial charge in [0.25, 0.3) is 5.56 Å². The summed E-state index contributed by atoms with van der Waals surface area (Å²) in [6.45, 7) is 0. The summed E-state index contributed by atoms with van der Waals surface area (Å²) < 4.78 is 45.7. The van der Waals surface area contributed by atoms with Crippen LogP contribution in [0, 0.1) is 0 Å². The highest BCUT2D eigenvalue weighted by Crippen LogP contribution is 2.32. The van der Waals surface area contributed by atoms with Gasteiger partial charge in [0.05, 0.1) is 23.2 Å². The molecule has 7 nitrogen and oxygen atoms in total. The van der Waals surface area contributed by atoms with Crippen LogP contribution in [-0.2, 0) is 11.9 Å². The summed E-state index contributed by atoms with van der Waals surface area (Å²) in [6, 6.07) is 12.4. The maximum Gasteiger partial charge on any atom is 0.416 e. The van der Waals surface area contributed by atoms with Gasteiger partial charge < -0.3 is 9.40 Å². The third-order valence-electron chi connectivity index (χ3n) is 4.51. The third-order valence-corrected chi connectivity index (χ3v) is 5.37. The number of aromatic nitrogens is 5. The van der Waals surface area contributed by atoms with E-state index in [1.807, 2.05) is 30.3 Å². The Morgan fingerprint density at radius 1 is 1.10 bits per heavy atom. The molecule has 0 aliphatic rings. The molecule has 0 radical (unpaired) electrons. The molecule has 0 aliphatic carbocycles. The van der Waals surface area contributed by atoms with Crippen LogP contribution in [0.3, 0.4) is 0 Å². The topological polar surface area (TPSA) is 89.6 Å². The number of oxazole rings is 1. The van der Waals surface area contributed by atoms with Gasteiger partial charge in [0.2, 0.25) is 5.89 Å². The quantitative estimate of drug-likeness (QED) is 0.324. The largest absolute Gasteiger partial charge is 0.440 e. The highest BCUT2D eigenvalue weighted by molar-refractivity contribution is 7.98. The van der Waals surface area contributed by atoms with Crippen LogP contribution >= 0.6 is 11.8 Å². The summed E-state index contributed by atoms with van der Waals surface area (Å²) in [5.74, 6) is 0.392. The Morgan fingerprint density at radius 2 is 1.90 bits per heavy atom. The number of aromatic amines is 1. The van der Waals surface area contributed by atoms with Gasteiger partial charge in [0, 0.05) is 0 Å². The van der Waals surface area contributed by atoms with E-state index in [1.54, 1.807) is 4.68 Å². The summed E-state index contributed by atoms with van der Waals surface area (Å²) >= 11 is 1.15. The molecule has 1 N–H and O–H groups in total. The maximum absolute atomic E-state index is 12.9. The first-order valence-electron chi connectivity index (χ1n) is 9.01. The maximum atomic E-state index is 12.9. The summed E-state index contributed by atoms with van der Waals surface area (Å²) in [5, 5.41) is 4.90. The lowest BCUT2D eigenvalue weighted by molar-refractivity contribution is -0.137. The number of alkyl halides is 3. The average molecular weight is 443 g/mol. The monoisotopic (exact) mass is 443 g/mol. The van der Waals surface area contributed by atoms with Gasteiger partial charge in [-0.05, 0) is 30.3 Å². The molecule has 0 aliphatic heterocycles. The zero-order valence-electron chi connectivity index (χ0n) is 15.6. The van der Waals surface area contributed by atoms with E-state index in [2.05, 4.69) is 20.1 Å². The first-order chi connectivity index (χ1) is 14.9. The lowest BCUT2D eigenvalue weighted by Crippen LogP contribution is -2.09. The van der Waals surface area contributed by atoms with Crippen molar-refractivity contribution in [1.82, 2.24) is 24.7 Å². The number of benzene rings is 2. The molecule has 11 heteroatoms. The van der Waals surface area contributed by atoms with Crippen LogP contribution in [0.15, 0.2) is 69.1 Å². The van der Waals surface area contributed by atoms with Crippen LogP contribution in [0.5, 0.6) is 0 Å². The predicted molar refractivity (Wildman–Crippen MR) is 108 cm³/mol. The van der Waals surface area contributed by atoms with Crippen molar-refractivity contribution in [3.05, 3.63) is 76.5 Å². The number of nitrogens with one attached hydrogen (secondary N) is 1. The Balaban J connectivity index is 1.44. The molecule has 0 spiro atoms. The molecular weight excluding hydrogens is 431 g/mol. The van der Waals surface area contributed by atoms with Crippen molar-refractivity contribution in [2.75, 3.05) is 0 Å². The minimum Gasteiger partial charge on any atom is -0.440 e. The van der Waals surface area contributed by atoms with E-state index in [0.29, 0.717) is 16.2 Å². The number of rotatable bonds is 4. The second kappa shape index (κ2) is 7.27. The summed E-state index contributed by atoms with van der Waals surface area (Å²) in [7, 11) is 0. The van der Waals surface area contributed by atoms with Crippen LogP contribution in [-0.4, -0.2) is 24.7 Å². The summed E-state index contributed by atoms with van der Waals surface area (Å²) in [4.78, 5) is 23.7. The minimum absolute atomic E-state index is 0.115. The van der Waals surface area contributed by atoms with Gasteiger partial charge in [0.1, 0.15) is 10.9 Å². The Labute approximate surface area is 175 Å². The van der Waals surface area contributed by atoms with Crippen molar-refractivity contribution in [1.29, 1.82) is 0 Å². The number of H-pyrrole nitrogens is 1. The molecule has 2 aromatic carbocycles. The lowest BCUT2D eigenvalue weighted by atomic mass is 10.2. The molecule has 0 saturated carbocycles. The molecule has 0 amide bonds. The first kappa shape index (κ1) is 19.4. The van der Waals surface area contributed by atoms with Gasteiger partial charge in [-0.25, -0.2) is 14.6 Å². The number of halogens is 3. The Morgan fingerprint density at radius 3 is 2.68 bits per heavy atom. The van der Waals surface area contributed by atoms with E-state index < -0.39 is 11.7 Å². The second-order valence-corrected chi connectivity index (χ2v) is 7.54. The number of fused-ring (bicyclic) bond motifs is 2. The molecule has 3 heterocycles. The smallest absolute Gasteiger partial charge is 0.416 e. The zero-order valence-corrected chi connectivity index (χ0v) is 16.4. The molecule has 5 aromatic rings. The van der Waals surface area contributed by atoms with E-state index in [1.165, 1.54) is 12.3 Å². The number of thioether (sulfide) groups is 1. The number of para-hydroxylation sites is 1. The molecule has 0 unspecified atom stereocenters. The van der Waals surface area contributed by atoms with Crippen LogP contribution in [0.1, 0.15) is 11.5 Å². The van der Waals surface area contributed by atoms with Crippen LogP contribution in [0.4, 0.5) is 13.2 Å². The normalized spacial score (nSPS) is 12.1. The fraction of sp³-hybridized carbons (Fsp3) is 0.100. The van der Waals surface area contributed by atoms with Gasteiger partial charge in [0.15, 0.2) is 16.4 Å². The van der Waals surface area contributed by atoms with E-state index in [4.69, 9.17) is 4.42 Å². The van der Waals surface area contributed by atoms with Crippen LogP contribution < -0.4 is 5.56 Å². The fourth-order valence-electron chi connectivity index (χ4n) is 3.07. The molecular formula is C20H12F3N5O2S. The minimum atomic E-state index is -4.46. The van der Waals surface area contributed by atoms with E-state index in [9.17, 15) is 18.0 Å². The predicted octanol–water partition coefficient (Wildman–Crippen LogP) is 4.56. The highest BCUT2D eigenvalue weighted by atomic mass is 32.2. The SMILES string of the molecule is O=c1[nH]c(SCc2nc3cc(C(F)(F)F)ccc3o2)nc2c1cnn2-c1ccccc1. The van der Waals surface area contributed by atoms with E-state index >= 15 is 0 Å². The second-order valence-electron chi connectivity index (χ2n) is 6.58. The molecule has 0 fully saturated rings. The van der Waals surface area contributed by atoms with Crippen molar-refractivity contribution >= 4 is 33.9 Å². The van der Waals surface area contributed by atoms with E-state index in [0.717, 1.165) is 29.6 Å². The summed E-state index contributed by atoms with van der Waals surface area (Å²) in [5.41, 5.74) is 0.378. The van der Waals surface area contributed by atoms with Gasteiger partial charge in [-0.1, -0.05) is 30.0 Å². The molecule has 31 heavy (non-hydrogen) atoms. The fourth-order valence-corrected chi connectivity index (χ4v) is 3.77. The first-order valence-corrected chi connectivity index (χ1v) is 10.00. The van der Waals surface area contributed by atoms with Crippen molar-refractivity contribution in [3.8, 4) is 5.69 Å². The zero-order chi connectivity index (χ0) is 21.6. The number of nitrogens with zero attached hydrogens (tertiary/aromatic N) is 4. The van der Waals surface area contributed by atoms with Gasteiger partial charge in [-0.3, -0.25) is 4.79 Å². The van der Waals surface area contributed by atoms with Crippen molar-refractivity contribution in [3.63, 3.8) is 0 Å². The highest BCUT2D eigenvalue weighted by Gasteiger charge is 2.31. The van der Waals surface area contributed by atoms with Crippen molar-refractivity contribution in [2.24, 2.45) is 0 Å². The van der Waals surface area contributed by atoms with Crippen LogP contribution in [0.2, 0.25) is 0 Å². The lowest BCUT2D eigenvalue weighted by Gasteiger charge is -2.04. The average Bonchev–Trinajstić information content (AvgIpc) is 3.36. The standard InChI is InChI=1S/C20H12F3N5O2S/c21-20(22,23)11-6-7-15-14(8-11)25-16(30-15)10-31-19-26-17-13(18(29)27-19)9-24-28(17)12-4-2-1-3-5-12/h1-9H,10H2,(H,26,27,29). The van der Waals surface area contributed by atoms with Crippen LogP contribution in [0.25, 0.3) is 27.8 Å². The Hall–Kier alpha value is -3.60. The van der Waals surface area contributed by atoms with Gasteiger partial charge in [-0.2, -0.15) is 18.3 Å².